The standard InChI is InChI=1S/C23H36BNO5/c1-17-15-23(5,6)30-24(29-17)18-10-12-20(13-11-18)27-16-19-9-7-8-14-25(19)21(26)28-22(2,3)4/h10-13,17,19H,7-9,14-16H2,1-6H3/t17-,19-/m1/s1. The number of ether oxygens (including phenoxy) is 2. The van der Waals surface area contributed by atoms with Crippen molar-refractivity contribution < 1.29 is 23.6 Å². The summed E-state index contributed by atoms with van der Waals surface area (Å²) in [7, 11) is -0.362. The predicted molar refractivity (Wildman–Crippen MR) is 118 cm³/mol. The molecule has 2 heterocycles. The maximum Gasteiger partial charge on any atom is 0.494 e. The van der Waals surface area contributed by atoms with E-state index in [2.05, 4.69) is 20.8 Å². The Balaban J connectivity index is 1.58. The number of rotatable bonds is 4. The van der Waals surface area contributed by atoms with Gasteiger partial charge in [0.1, 0.15) is 18.0 Å². The molecule has 0 saturated carbocycles. The van der Waals surface area contributed by atoms with E-state index in [1.165, 1.54) is 0 Å². The molecule has 2 aliphatic rings. The first-order chi connectivity index (χ1) is 14.0. The summed E-state index contributed by atoms with van der Waals surface area (Å²) in [6, 6.07) is 7.88. The van der Waals surface area contributed by atoms with Gasteiger partial charge in [0.15, 0.2) is 0 Å². The molecule has 0 aromatic heterocycles. The fraction of sp³-hybridized carbons (Fsp3) is 0.696. The summed E-state index contributed by atoms with van der Waals surface area (Å²) in [5.74, 6) is 0.775. The van der Waals surface area contributed by atoms with Crippen LogP contribution in [0.15, 0.2) is 24.3 Å². The van der Waals surface area contributed by atoms with Crippen LogP contribution in [0.3, 0.4) is 0 Å². The van der Waals surface area contributed by atoms with E-state index in [1.54, 1.807) is 0 Å². The Hall–Kier alpha value is -1.73. The molecule has 2 aliphatic heterocycles. The molecular formula is C23H36BNO5. The van der Waals surface area contributed by atoms with E-state index in [-0.39, 0.29) is 31.0 Å². The molecule has 1 amide bonds. The number of hydrogen-bond donors (Lipinski definition) is 0. The second-order valence-corrected chi connectivity index (χ2v) is 10.1. The minimum Gasteiger partial charge on any atom is -0.491 e. The molecule has 2 saturated heterocycles. The molecule has 2 fully saturated rings. The average Bonchev–Trinajstić information content (AvgIpc) is 2.64. The molecule has 30 heavy (non-hydrogen) atoms. The summed E-state index contributed by atoms with van der Waals surface area (Å²) in [6.07, 6.45) is 3.79. The van der Waals surface area contributed by atoms with E-state index < -0.39 is 5.60 Å². The number of likely N-dealkylation sites (tertiary alicyclic amines) is 1. The van der Waals surface area contributed by atoms with Crippen LogP contribution < -0.4 is 10.2 Å². The van der Waals surface area contributed by atoms with Crippen LogP contribution in [0, 0.1) is 0 Å². The van der Waals surface area contributed by atoms with Crippen LogP contribution in [0.4, 0.5) is 4.79 Å². The van der Waals surface area contributed by atoms with Gasteiger partial charge in [0.25, 0.3) is 0 Å². The number of carbonyl (C=O) groups excluding carboxylic acids is 1. The van der Waals surface area contributed by atoms with Gasteiger partial charge in [0.2, 0.25) is 0 Å². The molecule has 0 N–H and O–H groups in total. The normalized spacial score (nSPS) is 24.5. The zero-order valence-corrected chi connectivity index (χ0v) is 19.3. The molecule has 0 spiro atoms. The van der Waals surface area contributed by atoms with Crippen LogP contribution in [-0.4, -0.2) is 54.6 Å². The zero-order valence-electron chi connectivity index (χ0n) is 19.3. The SMILES string of the molecule is C[C@@H]1CC(C)(C)OB(c2ccc(OC[C@H]3CCCCN3C(=O)OC(C)(C)C)cc2)O1. The zero-order chi connectivity index (χ0) is 21.9. The molecule has 0 aliphatic carbocycles. The third-order valence-electron chi connectivity index (χ3n) is 5.41. The molecule has 7 heteroatoms. The van der Waals surface area contributed by atoms with Crippen molar-refractivity contribution in [1.29, 1.82) is 0 Å². The topological polar surface area (TPSA) is 57.2 Å². The Morgan fingerprint density at radius 1 is 1.23 bits per heavy atom. The molecule has 0 radical (unpaired) electrons. The quantitative estimate of drug-likeness (QED) is 0.689. The smallest absolute Gasteiger partial charge is 0.491 e. The van der Waals surface area contributed by atoms with Crippen LogP contribution in [0.25, 0.3) is 0 Å². The maximum atomic E-state index is 12.6. The summed E-state index contributed by atoms with van der Waals surface area (Å²) in [6.45, 7) is 13.1. The summed E-state index contributed by atoms with van der Waals surface area (Å²) < 4.78 is 23.6. The lowest BCUT2D eigenvalue weighted by molar-refractivity contribution is -0.0230. The highest BCUT2D eigenvalue weighted by molar-refractivity contribution is 6.61. The van der Waals surface area contributed by atoms with Crippen molar-refractivity contribution in [2.75, 3.05) is 13.2 Å². The van der Waals surface area contributed by atoms with Crippen LogP contribution in [0.2, 0.25) is 0 Å². The maximum absolute atomic E-state index is 12.6. The molecular weight excluding hydrogens is 381 g/mol. The fourth-order valence-electron chi connectivity index (χ4n) is 4.11. The molecule has 0 bridgehead atoms. The molecule has 1 aromatic carbocycles. The van der Waals surface area contributed by atoms with E-state index in [0.717, 1.165) is 36.9 Å². The number of hydrogen-bond acceptors (Lipinski definition) is 5. The number of carbonyl (C=O) groups is 1. The molecule has 0 unspecified atom stereocenters. The van der Waals surface area contributed by atoms with E-state index in [1.807, 2.05) is 49.9 Å². The lowest BCUT2D eigenvalue weighted by atomic mass is 9.75. The van der Waals surface area contributed by atoms with Gasteiger partial charge in [-0.1, -0.05) is 12.1 Å². The fourth-order valence-corrected chi connectivity index (χ4v) is 4.11. The van der Waals surface area contributed by atoms with Crippen molar-refractivity contribution >= 4 is 18.7 Å². The Bertz CT molecular complexity index is 715. The predicted octanol–water partition coefficient (Wildman–Crippen LogP) is 4.15. The molecule has 6 nitrogen and oxygen atoms in total. The van der Waals surface area contributed by atoms with Gasteiger partial charge in [-0.25, -0.2) is 4.79 Å². The van der Waals surface area contributed by atoms with Crippen molar-refractivity contribution in [2.45, 2.75) is 90.6 Å². The first-order valence-electron chi connectivity index (χ1n) is 11.1. The van der Waals surface area contributed by atoms with Gasteiger partial charge in [-0.15, -0.1) is 0 Å². The largest absolute Gasteiger partial charge is 0.494 e. The van der Waals surface area contributed by atoms with Crippen molar-refractivity contribution in [2.24, 2.45) is 0 Å². The number of benzene rings is 1. The van der Waals surface area contributed by atoms with Gasteiger partial charge in [-0.05, 0) is 84.8 Å². The highest BCUT2D eigenvalue weighted by Crippen LogP contribution is 2.26. The van der Waals surface area contributed by atoms with Gasteiger partial charge >= 0.3 is 13.2 Å². The minimum absolute atomic E-state index is 0.0277. The Kier molecular flexibility index (Phi) is 7.03. The van der Waals surface area contributed by atoms with Crippen LogP contribution >= 0.6 is 0 Å². The van der Waals surface area contributed by atoms with Crippen LogP contribution in [-0.2, 0) is 14.0 Å². The summed E-state index contributed by atoms with van der Waals surface area (Å²) in [5.41, 5.74) is 0.282. The summed E-state index contributed by atoms with van der Waals surface area (Å²) >= 11 is 0. The minimum atomic E-state index is -0.495. The Labute approximate surface area is 181 Å². The van der Waals surface area contributed by atoms with Gasteiger partial charge in [-0.2, -0.15) is 0 Å². The number of nitrogens with zero attached hydrogens (tertiary/aromatic N) is 1. The van der Waals surface area contributed by atoms with E-state index in [4.69, 9.17) is 18.8 Å². The highest BCUT2D eigenvalue weighted by Gasteiger charge is 2.38. The third kappa shape index (κ3) is 6.38. The van der Waals surface area contributed by atoms with E-state index >= 15 is 0 Å². The highest BCUT2D eigenvalue weighted by atomic mass is 16.6. The number of amides is 1. The monoisotopic (exact) mass is 417 g/mol. The third-order valence-corrected chi connectivity index (χ3v) is 5.41. The van der Waals surface area contributed by atoms with Gasteiger partial charge in [0, 0.05) is 12.6 Å². The van der Waals surface area contributed by atoms with Crippen LogP contribution in [0.1, 0.15) is 67.2 Å². The Morgan fingerprint density at radius 3 is 2.57 bits per heavy atom. The van der Waals surface area contributed by atoms with Crippen molar-refractivity contribution in [1.82, 2.24) is 4.90 Å². The Morgan fingerprint density at radius 2 is 1.93 bits per heavy atom. The van der Waals surface area contributed by atoms with Gasteiger partial charge in [-0.3, -0.25) is 0 Å². The molecule has 2 atom stereocenters. The van der Waals surface area contributed by atoms with E-state index in [9.17, 15) is 4.79 Å². The first-order valence-corrected chi connectivity index (χ1v) is 11.1. The van der Waals surface area contributed by atoms with Crippen LogP contribution in [0.5, 0.6) is 5.75 Å². The first kappa shape index (κ1) is 22.9. The van der Waals surface area contributed by atoms with Crippen molar-refractivity contribution in [3.05, 3.63) is 24.3 Å². The second kappa shape index (κ2) is 9.19. The van der Waals surface area contributed by atoms with E-state index in [0.29, 0.717) is 13.2 Å². The molecule has 166 valence electrons. The summed E-state index contributed by atoms with van der Waals surface area (Å²) in [4.78, 5) is 14.4. The molecule has 3 rings (SSSR count). The lowest BCUT2D eigenvalue weighted by Crippen LogP contribution is -2.51. The van der Waals surface area contributed by atoms with Gasteiger partial charge in [0.05, 0.1) is 11.6 Å². The lowest BCUT2D eigenvalue weighted by Gasteiger charge is -2.38. The van der Waals surface area contributed by atoms with Crippen molar-refractivity contribution in [3.63, 3.8) is 0 Å². The van der Waals surface area contributed by atoms with Crippen molar-refractivity contribution in [3.8, 4) is 5.75 Å². The number of piperidine rings is 1. The van der Waals surface area contributed by atoms with Gasteiger partial charge < -0.3 is 23.7 Å². The second-order valence-electron chi connectivity index (χ2n) is 10.1. The average molecular weight is 417 g/mol. The molecule has 1 aromatic rings. The summed E-state index contributed by atoms with van der Waals surface area (Å²) in [5, 5.41) is 0.